The van der Waals surface area contributed by atoms with Crippen molar-refractivity contribution in [2.45, 2.75) is 51.4 Å². The second-order valence-electron chi connectivity index (χ2n) is 5.24. The Kier molecular flexibility index (Phi) is 5.32. The number of nitrogens with zero attached hydrogens (tertiary/aromatic N) is 1. The van der Waals surface area contributed by atoms with Gasteiger partial charge in [-0.1, -0.05) is 19.8 Å². The van der Waals surface area contributed by atoms with E-state index in [1.807, 2.05) is 6.92 Å². The minimum atomic E-state index is -1.16. The number of carboxylic acids is 1. The van der Waals surface area contributed by atoms with Crippen molar-refractivity contribution in [3.05, 3.63) is 33.9 Å². The summed E-state index contributed by atoms with van der Waals surface area (Å²) >= 11 is 0. The molecule has 0 bridgehead atoms. The number of aromatic carboxylic acids is 1. The summed E-state index contributed by atoms with van der Waals surface area (Å²) in [5.41, 5.74) is -0.324. The third-order valence-corrected chi connectivity index (χ3v) is 3.64. The largest absolute Gasteiger partial charge is 0.478 e. The van der Waals surface area contributed by atoms with Gasteiger partial charge in [-0.3, -0.25) is 10.1 Å². The van der Waals surface area contributed by atoms with E-state index in [0.717, 1.165) is 31.7 Å². The Labute approximate surface area is 128 Å². The maximum Gasteiger partial charge on any atom is 0.335 e. The third kappa shape index (κ3) is 3.94. The second kappa shape index (κ2) is 7.22. The van der Waals surface area contributed by atoms with E-state index in [-0.39, 0.29) is 23.1 Å². The molecule has 7 heteroatoms. The highest BCUT2D eigenvalue weighted by Gasteiger charge is 2.24. The van der Waals surface area contributed by atoms with Crippen molar-refractivity contribution in [1.29, 1.82) is 0 Å². The van der Waals surface area contributed by atoms with Gasteiger partial charge in [0, 0.05) is 18.6 Å². The van der Waals surface area contributed by atoms with E-state index in [4.69, 9.17) is 14.6 Å². The fourth-order valence-corrected chi connectivity index (χ4v) is 2.48. The Bertz CT molecular complexity index is 553. The lowest BCUT2D eigenvalue weighted by molar-refractivity contribution is -0.386. The fourth-order valence-electron chi connectivity index (χ4n) is 2.48. The van der Waals surface area contributed by atoms with Crippen molar-refractivity contribution in [1.82, 2.24) is 0 Å². The van der Waals surface area contributed by atoms with Crippen molar-refractivity contribution in [2.75, 3.05) is 0 Å². The van der Waals surface area contributed by atoms with Gasteiger partial charge in [-0.25, -0.2) is 4.79 Å². The highest BCUT2D eigenvalue weighted by Crippen LogP contribution is 2.31. The molecule has 0 spiro atoms. The third-order valence-electron chi connectivity index (χ3n) is 3.64. The van der Waals surface area contributed by atoms with Crippen LogP contribution < -0.4 is 4.74 Å². The van der Waals surface area contributed by atoms with Crippen molar-refractivity contribution in [3.63, 3.8) is 0 Å². The van der Waals surface area contributed by atoms with Crippen LogP contribution in [-0.2, 0) is 4.74 Å². The summed E-state index contributed by atoms with van der Waals surface area (Å²) in [7, 11) is 0. The molecule has 0 amide bonds. The summed E-state index contributed by atoms with van der Waals surface area (Å²) in [6, 6.07) is 3.49. The van der Waals surface area contributed by atoms with Crippen LogP contribution in [0.3, 0.4) is 0 Å². The number of rotatable bonds is 7. The first-order valence-electron chi connectivity index (χ1n) is 7.35. The van der Waals surface area contributed by atoms with E-state index in [1.54, 1.807) is 0 Å². The van der Waals surface area contributed by atoms with E-state index in [0.29, 0.717) is 6.42 Å². The fraction of sp³-hybridized carbons (Fsp3) is 0.533. The first kappa shape index (κ1) is 16.2. The topological polar surface area (TPSA) is 98.9 Å². The van der Waals surface area contributed by atoms with Gasteiger partial charge in [0.05, 0.1) is 16.6 Å². The average Bonchev–Trinajstić information content (AvgIpc) is 2.99. The summed E-state index contributed by atoms with van der Waals surface area (Å²) in [5.74, 6) is -1.24. The van der Waals surface area contributed by atoms with Gasteiger partial charge in [0.15, 0.2) is 6.29 Å². The number of nitro benzene ring substituents is 1. The summed E-state index contributed by atoms with van der Waals surface area (Å²) in [6.07, 6.45) is 4.13. The number of hydrogen-bond acceptors (Lipinski definition) is 5. The lowest BCUT2D eigenvalue weighted by Crippen LogP contribution is -2.25. The van der Waals surface area contributed by atoms with Crippen LogP contribution in [0.4, 0.5) is 5.69 Å². The van der Waals surface area contributed by atoms with Gasteiger partial charge in [0.1, 0.15) is 0 Å². The van der Waals surface area contributed by atoms with Gasteiger partial charge < -0.3 is 14.6 Å². The highest BCUT2D eigenvalue weighted by molar-refractivity contribution is 5.88. The molecule has 0 aliphatic heterocycles. The Hall–Kier alpha value is -2.15. The summed E-state index contributed by atoms with van der Waals surface area (Å²) in [5, 5.41) is 20.1. The van der Waals surface area contributed by atoms with Crippen molar-refractivity contribution in [2.24, 2.45) is 0 Å². The quantitative estimate of drug-likeness (QED) is 0.471. The van der Waals surface area contributed by atoms with Crippen LogP contribution in [0.2, 0.25) is 0 Å². The zero-order valence-corrected chi connectivity index (χ0v) is 12.4. The molecule has 1 aliphatic carbocycles. The minimum Gasteiger partial charge on any atom is -0.478 e. The molecule has 22 heavy (non-hydrogen) atoms. The van der Waals surface area contributed by atoms with Gasteiger partial charge in [-0.2, -0.15) is 0 Å². The van der Waals surface area contributed by atoms with Crippen LogP contribution in [0.25, 0.3) is 0 Å². The monoisotopic (exact) mass is 309 g/mol. The number of benzene rings is 1. The Morgan fingerprint density at radius 3 is 2.68 bits per heavy atom. The number of ether oxygens (including phenoxy) is 2. The van der Waals surface area contributed by atoms with E-state index in [1.165, 1.54) is 12.1 Å². The Morgan fingerprint density at radius 1 is 1.45 bits per heavy atom. The molecule has 1 atom stereocenters. The molecule has 1 aromatic carbocycles. The lowest BCUT2D eigenvalue weighted by Gasteiger charge is -2.22. The molecular formula is C15H19NO6. The van der Waals surface area contributed by atoms with Crippen molar-refractivity contribution >= 4 is 11.7 Å². The number of hydrogen-bond donors (Lipinski definition) is 1. The lowest BCUT2D eigenvalue weighted by atomic mass is 10.2. The van der Waals surface area contributed by atoms with E-state index < -0.39 is 17.2 Å². The van der Waals surface area contributed by atoms with Gasteiger partial charge in [0.2, 0.25) is 5.75 Å². The van der Waals surface area contributed by atoms with Crippen LogP contribution in [0.15, 0.2) is 18.2 Å². The summed E-state index contributed by atoms with van der Waals surface area (Å²) in [4.78, 5) is 21.5. The maximum atomic E-state index is 11.1. The average molecular weight is 309 g/mol. The predicted octanol–water partition coefficient (Wildman–Crippen LogP) is 3.37. The molecule has 7 nitrogen and oxygen atoms in total. The molecule has 1 saturated carbocycles. The van der Waals surface area contributed by atoms with Crippen LogP contribution >= 0.6 is 0 Å². The summed E-state index contributed by atoms with van der Waals surface area (Å²) < 4.78 is 11.4. The molecule has 0 radical (unpaired) electrons. The van der Waals surface area contributed by atoms with Gasteiger partial charge in [0.25, 0.3) is 0 Å². The highest BCUT2D eigenvalue weighted by atomic mass is 16.7. The number of nitro groups is 1. The van der Waals surface area contributed by atoms with Gasteiger partial charge in [-0.15, -0.1) is 0 Å². The molecule has 0 heterocycles. The normalized spacial score (nSPS) is 16.4. The van der Waals surface area contributed by atoms with Crippen LogP contribution in [0.1, 0.15) is 49.4 Å². The van der Waals surface area contributed by atoms with E-state index >= 15 is 0 Å². The molecular weight excluding hydrogens is 290 g/mol. The maximum absolute atomic E-state index is 11.1. The minimum absolute atomic E-state index is 0.0590. The molecule has 1 aliphatic rings. The van der Waals surface area contributed by atoms with Gasteiger partial charge >= 0.3 is 11.7 Å². The molecule has 1 unspecified atom stereocenters. The first-order valence-corrected chi connectivity index (χ1v) is 7.35. The van der Waals surface area contributed by atoms with E-state index in [9.17, 15) is 14.9 Å². The van der Waals surface area contributed by atoms with Crippen molar-refractivity contribution in [3.8, 4) is 5.75 Å². The Balaban J connectivity index is 2.18. The molecule has 2 rings (SSSR count). The van der Waals surface area contributed by atoms with Gasteiger partial charge in [-0.05, 0) is 18.9 Å². The second-order valence-corrected chi connectivity index (χ2v) is 5.24. The summed E-state index contributed by atoms with van der Waals surface area (Å²) in [6.45, 7) is 1.85. The standard InChI is InChI=1S/C15H19NO6/c1-2-14(21-11-5-3-4-6-11)22-13-9-10(15(17)18)7-8-12(13)16(19)20/h7-9,11,14H,2-6H2,1H3,(H,17,18). The van der Waals surface area contributed by atoms with Crippen LogP contribution in [0.5, 0.6) is 5.75 Å². The first-order chi connectivity index (χ1) is 10.5. The number of carbonyl (C=O) groups is 1. The molecule has 1 fully saturated rings. The van der Waals surface area contributed by atoms with Crippen LogP contribution in [0, 0.1) is 10.1 Å². The van der Waals surface area contributed by atoms with Crippen LogP contribution in [-0.4, -0.2) is 28.4 Å². The number of carboxylic acid groups (broad SMARTS) is 1. The molecule has 1 aromatic rings. The zero-order chi connectivity index (χ0) is 16.1. The predicted molar refractivity (Wildman–Crippen MR) is 78.1 cm³/mol. The zero-order valence-electron chi connectivity index (χ0n) is 12.4. The molecule has 0 saturated heterocycles. The van der Waals surface area contributed by atoms with E-state index in [2.05, 4.69) is 0 Å². The smallest absolute Gasteiger partial charge is 0.335 e. The Morgan fingerprint density at radius 2 is 2.14 bits per heavy atom. The van der Waals surface area contributed by atoms with Crippen molar-refractivity contribution < 1.29 is 24.3 Å². The molecule has 1 N–H and O–H groups in total. The molecule has 0 aromatic heterocycles. The SMILES string of the molecule is CCC(Oc1cc(C(=O)O)ccc1[N+](=O)[O-])OC1CCCC1. The molecule has 120 valence electrons.